The Hall–Kier alpha value is -2.30. The van der Waals surface area contributed by atoms with Gasteiger partial charge in [-0.1, -0.05) is 24.8 Å². The molecule has 2 N–H and O–H groups in total. The fourth-order valence-electron chi connectivity index (χ4n) is 1.13. The van der Waals surface area contributed by atoms with Crippen LogP contribution >= 0.6 is 0 Å². The first-order valence-corrected chi connectivity index (χ1v) is 5.08. The zero-order valence-corrected chi connectivity index (χ0v) is 9.23. The summed E-state index contributed by atoms with van der Waals surface area (Å²) in [4.78, 5) is 21.7. The highest BCUT2D eigenvalue weighted by Gasteiger charge is 2.01. The van der Waals surface area contributed by atoms with Gasteiger partial charge in [0.05, 0.1) is 5.97 Å². The average Bonchev–Trinajstić information content (AvgIpc) is 2.30. The standard InChI is InChI=1S/C12H14N2O3/c1-9(11(15)16)7-8-13-12(17)14-10-5-3-2-4-6-10/h2-6H,1,7-8H2,(H,15,16)(H2,13,14,17)/p-1. The number of urea groups is 1. The fourth-order valence-corrected chi connectivity index (χ4v) is 1.13. The van der Waals surface area contributed by atoms with E-state index in [-0.39, 0.29) is 24.6 Å². The van der Waals surface area contributed by atoms with Gasteiger partial charge < -0.3 is 20.5 Å². The maximum atomic E-state index is 11.3. The smallest absolute Gasteiger partial charge is 0.319 e. The van der Waals surface area contributed by atoms with Crippen molar-refractivity contribution in [3.63, 3.8) is 0 Å². The summed E-state index contributed by atoms with van der Waals surface area (Å²) in [7, 11) is 0. The third-order valence-corrected chi connectivity index (χ3v) is 2.03. The van der Waals surface area contributed by atoms with E-state index >= 15 is 0 Å². The van der Waals surface area contributed by atoms with Crippen molar-refractivity contribution < 1.29 is 14.7 Å². The summed E-state index contributed by atoms with van der Waals surface area (Å²) in [5.74, 6) is -1.30. The molecule has 5 nitrogen and oxygen atoms in total. The maximum Gasteiger partial charge on any atom is 0.319 e. The highest BCUT2D eigenvalue weighted by Crippen LogP contribution is 2.04. The van der Waals surface area contributed by atoms with Crippen LogP contribution in [-0.4, -0.2) is 18.5 Å². The number of carbonyl (C=O) groups excluding carboxylic acids is 2. The zero-order valence-electron chi connectivity index (χ0n) is 9.23. The number of amides is 2. The summed E-state index contributed by atoms with van der Waals surface area (Å²) >= 11 is 0. The molecule has 0 fully saturated rings. The average molecular weight is 233 g/mol. The minimum atomic E-state index is -1.30. The van der Waals surface area contributed by atoms with E-state index in [9.17, 15) is 14.7 Å². The molecular formula is C12H13N2O3-. The lowest BCUT2D eigenvalue weighted by molar-refractivity contribution is -0.299. The quantitative estimate of drug-likeness (QED) is 0.727. The van der Waals surface area contributed by atoms with Crippen molar-refractivity contribution >= 4 is 17.7 Å². The fraction of sp³-hybridized carbons (Fsp3) is 0.167. The molecule has 0 atom stereocenters. The van der Waals surface area contributed by atoms with Crippen molar-refractivity contribution in [1.29, 1.82) is 0 Å². The van der Waals surface area contributed by atoms with Gasteiger partial charge in [-0.25, -0.2) is 4.79 Å². The van der Waals surface area contributed by atoms with Crippen molar-refractivity contribution in [2.45, 2.75) is 6.42 Å². The topological polar surface area (TPSA) is 81.3 Å². The Morgan fingerprint density at radius 2 is 1.88 bits per heavy atom. The van der Waals surface area contributed by atoms with Crippen molar-refractivity contribution in [3.8, 4) is 0 Å². The molecule has 0 bridgehead atoms. The van der Waals surface area contributed by atoms with Gasteiger partial charge in [0.15, 0.2) is 0 Å². The van der Waals surface area contributed by atoms with Crippen LogP contribution in [0.5, 0.6) is 0 Å². The second kappa shape index (κ2) is 6.32. The summed E-state index contributed by atoms with van der Waals surface area (Å²) in [6.45, 7) is 3.50. The number of carboxylic acids is 1. The number of anilines is 1. The van der Waals surface area contributed by atoms with Gasteiger partial charge in [0.2, 0.25) is 0 Å². The number of benzene rings is 1. The van der Waals surface area contributed by atoms with E-state index in [1.807, 2.05) is 6.07 Å². The summed E-state index contributed by atoms with van der Waals surface area (Å²) in [6, 6.07) is 8.55. The predicted molar refractivity (Wildman–Crippen MR) is 62.2 cm³/mol. The molecule has 0 saturated heterocycles. The van der Waals surface area contributed by atoms with Gasteiger partial charge in [0.25, 0.3) is 0 Å². The third-order valence-electron chi connectivity index (χ3n) is 2.03. The van der Waals surface area contributed by atoms with Crippen LogP contribution < -0.4 is 15.7 Å². The Morgan fingerprint density at radius 3 is 2.47 bits per heavy atom. The Balaban J connectivity index is 2.27. The van der Waals surface area contributed by atoms with Crippen LogP contribution in [0.4, 0.5) is 10.5 Å². The van der Waals surface area contributed by atoms with Gasteiger partial charge in [-0.2, -0.15) is 0 Å². The molecular weight excluding hydrogens is 220 g/mol. The number of hydrogen-bond donors (Lipinski definition) is 2. The van der Waals surface area contributed by atoms with Crippen molar-refractivity contribution in [3.05, 3.63) is 42.5 Å². The normalized spacial score (nSPS) is 9.41. The molecule has 90 valence electrons. The monoisotopic (exact) mass is 233 g/mol. The van der Waals surface area contributed by atoms with Gasteiger partial charge in [-0.05, 0) is 24.1 Å². The first-order chi connectivity index (χ1) is 8.09. The SMILES string of the molecule is C=C(CCNC(=O)Nc1ccccc1)C(=O)[O-]. The predicted octanol–water partition coefficient (Wildman–Crippen LogP) is 0.504. The molecule has 1 rings (SSSR count). The Bertz CT molecular complexity index is 415. The van der Waals surface area contributed by atoms with E-state index < -0.39 is 5.97 Å². The van der Waals surface area contributed by atoms with E-state index in [1.54, 1.807) is 24.3 Å². The molecule has 0 unspecified atom stereocenters. The number of rotatable bonds is 5. The highest BCUT2D eigenvalue weighted by atomic mass is 16.4. The molecule has 0 saturated carbocycles. The molecule has 0 radical (unpaired) electrons. The summed E-state index contributed by atoms with van der Waals surface area (Å²) in [5, 5.41) is 15.4. The van der Waals surface area contributed by atoms with Gasteiger partial charge in [0.1, 0.15) is 0 Å². The Kier molecular flexibility index (Phi) is 4.75. The van der Waals surface area contributed by atoms with E-state index in [0.717, 1.165) is 0 Å². The van der Waals surface area contributed by atoms with Crippen LogP contribution in [0.2, 0.25) is 0 Å². The summed E-state index contributed by atoms with van der Waals surface area (Å²) < 4.78 is 0. The number of aliphatic carboxylic acids is 1. The molecule has 0 aliphatic heterocycles. The lowest BCUT2D eigenvalue weighted by Gasteiger charge is -2.09. The van der Waals surface area contributed by atoms with Crippen LogP contribution in [0.1, 0.15) is 6.42 Å². The molecule has 0 aliphatic rings. The second-order valence-corrected chi connectivity index (χ2v) is 3.39. The van der Waals surface area contributed by atoms with E-state index in [0.29, 0.717) is 5.69 Å². The maximum absolute atomic E-state index is 11.3. The molecule has 1 aromatic carbocycles. The van der Waals surface area contributed by atoms with E-state index in [1.165, 1.54) is 0 Å². The Morgan fingerprint density at radius 1 is 1.24 bits per heavy atom. The van der Waals surface area contributed by atoms with Crippen LogP contribution in [0.25, 0.3) is 0 Å². The number of para-hydroxylation sites is 1. The molecule has 0 spiro atoms. The molecule has 17 heavy (non-hydrogen) atoms. The van der Waals surface area contributed by atoms with Crippen LogP contribution in [0, 0.1) is 0 Å². The first kappa shape index (κ1) is 12.8. The lowest BCUT2D eigenvalue weighted by atomic mass is 10.2. The molecule has 1 aromatic rings. The van der Waals surface area contributed by atoms with Crippen LogP contribution in [0.3, 0.4) is 0 Å². The lowest BCUT2D eigenvalue weighted by Crippen LogP contribution is -2.31. The van der Waals surface area contributed by atoms with Gasteiger partial charge in [-0.3, -0.25) is 0 Å². The largest absolute Gasteiger partial charge is 0.545 e. The summed E-state index contributed by atoms with van der Waals surface area (Å²) in [5.41, 5.74) is 0.633. The minimum absolute atomic E-state index is 0.0370. The molecule has 5 heteroatoms. The van der Waals surface area contributed by atoms with Crippen LogP contribution in [-0.2, 0) is 4.79 Å². The zero-order chi connectivity index (χ0) is 12.7. The molecule has 0 aromatic heterocycles. The third kappa shape index (κ3) is 4.83. The second-order valence-electron chi connectivity index (χ2n) is 3.39. The van der Waals surface area contributed by atoms with Gasteiger partial charge in [-0.15, -0.1) is 0 Å². The van der Waals surface area contributed by atoms with E-state index in [2.05, 4.69) is 17.2 Å². The minimum Gasteiger partial charge on any atom is -0.545 e. The molecule has 0 heterocycles. The van der Waals surface area contributed by atoms with Crippen molar-refractivity contribution in [2.75, 3.05) is 11.9 Å². The molecule has 2 amide bonds. The summed E-state index contributed by atoms with van der Waals surface area (Å²) in [6.07, 6.45) is 0.157. The van der Waals surface area contributed by atoms with Crippen molar-refractivity contribution in [1.82, 2.24) is 5.32 Å². The number of carboxylic acid groups (broad SMARTS) is 1. The number of hydrogen-bond acceptors (Lipinski definition) is 3. The number of nitrogens with one attached hydrogen (secondary N) is 2. The van der Waals surface area contributed by atoms with Gasteiger partial charge in [0, 0.05) is 12.2 Å². The van der Waals surface area contributed by atoms with Crippen LogP contribution in [0.15, 0.2) is 42.5 Å². The highest BCUT2D eigenvalue weighted by molar-refractivity contribution is 5.89. The van der Waals surface area contributed by atoms with E-state index in [4.69, 9.17) is 0 Å². The van der Waals surface area contributed by atoms with Gasteiger partial charge >= 0.3 is 6.03 Å². The number of carbonyl (C=O) groups is 2. The molecule has 0 aliphatic carbocycles. The van der Waals surface area contributed by atoms with Crippen molar-refractivity contribution in [2.24, 2.45) is 0 Å². The first-order valence-electron chi connectivity index (χ1n) is 5.08. The Labute approximate surface area is 99.1 Å².